The van der Waals surface area contributed by atoms with Crippen molar-refractivity contribution in [2.45, 2.75) is 25.7 Å². The standard InChI is InChI=1S/C13H17FN2O4S/c14-11-7-5-6-10(13(17)18)12(11)15-21(19,20)16-8-3-1-2-4-9-16/h5-7,15H,1-4,8-9H2,(H,17,18). The number of nitrogens with one attached hydrogen (secondary N) is 1. The molecule has 8 heteroatoms. The van der Waals surface area contributed by atoms with E-state index < -0.39 is 33.2 Å². The predicted octanol–water partition coefficient (Wildman–Crippen LogP) is 2.06. The number of carbonyl (C=O) groups is 1. The Morgan fingerprint density at radius 1 is 1.19 bits per heavy atom. The van der Waals surface area contributed by atoms with Crippen molar-refractivity contribution >= 4 is 21.9 Å². The molecule has 1 aliphatic rings. The van der Waals surface area contributed by atoms with Gasteiger partial charge in [0, 0.05) is 13.1 Å². The molecule has 1 heterocycles. The van der Waals surface area contributed by atoms with E-state index in [1.807, 2.05) is 0 Å². The van der Waals surface area contributed by atoms with Gasteiger partial charge in [-0.25, -0.2) is 9.18 Å². The van der Waals surface area contributed by atoms with Crippen LogP contribution in [0.15, 0.2) is 18.2 Å². The van der Waals surface area contributed by atoms with Crippen molar-refractivity contribution in [3.05, 3.63) is 29.6 Å². The molecule has 1 aromatic rings. The number of aromatic carboxylic acids is 1. The Labute approximate surface area is 122 Å². The third kappa shape index (κ3) is 3.70. The lowest BCUT2D eigenvalue weighted by atomic mass is 10.2. The number of benzene rings is 1. The Bertz CT molecular complexity index is 625. The van der Waals surface area contributed by atoms with Crippen molar-refractivity contribution in [2.75, 3.05) is 17.8 Å². The molecule has 116 valence electrons. The van der Waals surface area contributed by atoms with Crippen LogP contribution in [0.3, 0.4) is 0 Å². The topological polar surface area (TPSA) is 86.7 Å². The first-order valence-electron chi connectivity index (χ1n) is 6.71. The molecule has 2 N–H and O–H groups in total. The second-order valence-electron chi connectivity index (χ2n) is 4.89. The Morgan fingerprint density at radius 2 is 1.81 bits per heavy atom. The zero-order valence-corrected chi connectivity index (χ0v) is 12.2. The summed E-state index contributed by atoms with van der Waals surface area (Å²) in [5.41, 5.74) is -0.928. The SMILES string of the molecule is O=C(O)c1cccc(F)c1NS(=O)(=O)N1CCCCCC1. The van der Waals surface area contributed by atoms with Crippen molar-refractivity contribution in [3.8, 4) is 0 Å². The maximum absolute atomic E-state index is 13.8. The minimum absolute atomic E-state index is 0.353. The normalized spacial score (nSPS) is 17.2. The quantitative estimate of drug-likeness (QED) is 0.890. The summed E-state index contributed by atoms with van der Waals surface area (Å²) in [6.07, 6.45) is 3.38. The third-order valence-corrected chi connectivity index (χ3v) is 4.89. The maximum atomic E-state index is 13.8. The Kier molecular flexibility index (Phi) is 4.79. The molecule has 1 aliphatic heterocycles. The fraction of sp³-hybridized carbons (Fsp3) is 0.462. The molecule has 0 atom stereocenters. The summed E-state index contributed by atoms with van der Waals surface area (Å²) < 4.78 is 41.7. The van der Waals surface area contributed by atoms with Crippen LogP contribution in [-0.4, -0.2) is 36.9 Å². The van der Waals surface area contributed by atoms with Gasteiger partial charge in [0.15, 0.2) is 0 Å². The summed E-state index contributed by atoms with van der Waals surface area (Å²) in [5, 5.41) is 9.03. The molecule has 0 unspecified atom stereocenters. The number of rotatable bonds is 4. The van der Waals surface area contributed by atoms with Gasteiger partial charge in [-0.15, -0.1) is 0 Å². The van der Waals surface area contributed by atoms with E-state index in [9.17, 15) is 17.6 Å². The summed E-state index contributed by atoms with van der Waals surface area (Å²) in [5.74, 6) is -2.30. The van der Waals surface area contributed by atoms with Crippen LogP contribution in [-0.2, 0) is 10.2 Å². The largest absolute Gasteiger partial charge is 0.478 e. The third-order valence-electron chi connectivity index (χ3n) is 3.38. The Hall–Kier alpha value is -1.67. The molecule has 1 saturated heterocycles. The fourth-order valence-electron chi connectivity index (χ4n) is 2.28. The summed E-state index contributed by atoms with van der Waals surface area (Å²) in [6.45, 7) is 0.707. The zero-order valence-electron chi connectivity index (χ0n) is 11.4. The lowest BCUT2D eigenvalue weighted by Gasteiger charge is -2.21. The van der Waals surface area contributed by atoms with Gasteiger partial charge in [-0.2, -0.15) is 12.7 Å². The summed E-state index contributed by atoms with van der Waals surface area (Å²) in [6, 6.07) is 3.40. The van der Waals surface area contributed by atoms with E-state index in [2.05, 4.69) is 4.72 Å². The van der Waals surface area contributed by atoms with Gasteiger partial charge in [0.1, 0.15) is 5.82 Å². The van der Waals surface area contributed by atoms with Gasteiger partial charge in [0.25, 0.3) is 0 Å². The first-order chi connectivity index (χ1) is 9.92. The Morgan fingerprint density at radius 3 is 2.38 bits per heavy atom. The molecule has 0 aromatic heterocycles. The van der Waals surface area contributed by atoms with Crippen molar-refractivity contribution < 1.29 is 22.7 Å². The first-order valence-corrected chi connectivity index (χ1v) is 8.15. The van der Waals surface area contributed by atoms with Crippen molar-refractivity contribution in [2.24, 2.45) is 0 Å². The highest BCUT2D eigenvalue weighted by molar-refractivity contribution is 7.90. The average molecular weight is 316 g/mol. The molecular formula is C13H17FN2O4S. The minimum atomic E-state index is -3.96. The smallest absolute Gasteiger partial charge is 0.337 e. The van der Waals surface area contributed by atoms with E-state index in [1.165, 1.54) is 10.4 Å². The summed E-state index contributed by atoms with van der Waals surface area (Å²) in [7, 11) is -3.96. The van der Waals surface area contributed by atoms with Crippen LogP contribution in [0.2, 0.25) is 0 Å². The van der Waals surface area contributed by atoms with Crippen LogP contribution in [0, 0.1) is 5.82 Å². The van der Waals surface area contributed by atoms with Crippen molar-refractivity contribution in [1.82, 2.24) is 4.31 Å². The number of hydrogen-bond acceptors (Lipinski definition) is 3. The molecule has 0 saturated carbocycles. The van der Waals surface area contributed by atoms with Crippen LogP contribution >= 0.6 is 0 Å². The number of para-hydroxylation sites is 1. The minimum Gasteiger partial charge on any atom is -0.478 e. The fourth-order valence-corrected chi connectivity index (χ4v) is 3.62. The molecule has 21 heavy (non-hydrogen) atoms. The second-order valence-corrected chi connectivity index (χ2v) is 6.56. The van der Waals surface area contributed by atoms with E-state index in [4.69, 9.17) is 5.11 Å². The number of carboxylic acid groups (broad SMARTS) is 1. The van der Waals surface area contributed by atoms with Crippen LogP contribution in [0.25, 0.3) is 0 Å². The van der Waals surface area contributed by atoms with Crippen molar-refractivity contribution in [1.29, 1.82) is 0 Å². The summed E-state index contributed by atoms with van der Waals surface area (Å²) in [4.78, 5) is 11.1. The molecule has 0 aliphatic carbocycles. The molecule has 2 rings (SSSR count). The van der Waals surface area contributed by atoms with E-state index in [-0.39, 0.29) is 0 Å². The van der Waals surface area contributed by atoms with E-state index >= 15 is 0 Å². The maximum Gasteiger partial charge on any atom is 0.337 e. The van der Waals surface area contributed by atoms with Crippen molar-refractivity contribution in [3.63, 3.8) is 0 Å². The van der Waals surface area contributed by atoms with Gasteiger partial charge in [-0.3, -0.25) is 4.72 Å². The van der Waals surface area contributed by atoms with Crippen LogP contribution in [0.5, 0.6) is 0 Å². The van der Waals surface area contributed by atoms with Gasteiger partial charge in [0.2, 0.25) is 0 Å². The highest BCUT2D eigenvalue weighted by atomic mass is 32.2. The molecule has 0 amide bonds. The van der Waals surface area contributed by atoms with Crippen LogP contribution < -0.4 is 4.72 Å². The summed E-state index contributed by atoms with van der Waals surface area (Å²) >= 11 is 0. The number of anilines is 1. The Balaban J connectivity index is 2.30. The average Bonchev–Trinajstić information content (AvgIpc) is 2.70. The number of carboxylic acids is 1. The van der Waals surface area contributed by atoms with E-state index in [1.54, 1.807) is 0 Å². The molecule has 0 bridgehead atoms. The highest BCUT2D eigenvalue weighted by Crippen LogP contribution is 2.23. The van der Waals surface area contributed by atoms with Gasteiger partial charge in [0.05, 0.1) is 11.3 Å². The second kappa shape index (κ2) is 6.40. The highest BCUT2D eigenvalue weighted by Gasteiger charge is 2.26. The van der Waals surface area contributed by atoms with Gasteiger partial charge in [-0.1, -0.05) is 18.9 Å². The lowest BCUT2D eigenvalue weighted by molar-refractivity contribution is 0.0697. The molecule has 6 nitrogen and oxygen atoms in total. The van der Waals surface area contributed by atoms with E-state index in [0.29, 0.717) is 13.1 Å². The molecule has 1 fully saturated rings. The lowest BCUT2D eigenvalue weighted by Crippen LogP contribution is -2.37. The first kappa shape index (κ1) is 15.7. The zero-order chi connectivity index (χ0) is 15.5. The number of hydrogen-bond donors (Lipinski definition) is 2. The van der Waals surface area contributed by atoms with Gasteiger partial charge in [-0.05, 0) is 25.0 Å². The monoisotopic (exact) mass is 316 g/mol. The number of halogens is 1. The molecule has 0 radical (unpaired) electrons. The van der Waals surface area contributed by atoms with E-state index in [0.717, 1.165) is 37.8 Å². The molecule has 1 aromatic carbocycles. The predicted molar refractivity (Wildman–Crippen MR) is 75.9 cm³/mol. The van der Waals surface area contributed by atoms with Gasteiger partial charge < -0.3 is 5.11 Å². The number of nitrogens with zero attached hydrogens (tertiary/aromatic N) is 1. The molecular weight excluding hydrogens is 299 g/mol. The molecule has 0 spiro atoms. The van der Waals surface area contributed by atoms with Gasteiger partial charge >= 0.3 is 16.2 Å². The van der Waals surface area contributed by atoms with Crippen LogP contribution in [0.4, 0.5) is 10.1 Å². The van der Waals surface area contributed by atoms with Crippen LogP contribution in [0.1, 0.15) is 36.0 Å².